The van der Waals surface area contributed by atoms with Crippen molar-refractivity contribution in [2.24, 2.45) is 0 Å². The van der Waals surface area contributed by atoms with Gasteiger partial charge in [0.15, 0.2) is 17.4 Å². The van der Waals surface area contributed by atoms with Gasteiger partial charge in [0.05, 0.1) is 5.56 Å². The quantitative estimate of drug-likeness (QED) is 0.560. The summed E-state index contributed by atoms with van der Waals surface area (Å²) in [5, 5.41) is 8.66. The summed E-state index contributed by atoms with van der Waals surface area (Å²) in [6.07, 6.45) is 2.82. The van der Waals surface area contributed by atoms with Crippen LogP contribution in [0, 0.1) is 11.6 Å². The van der Waals surface area contributed by atoms with Gasteiger partial charge in [-0.25, -0.2) is 8.78 Å². The second kappa shape index (κ2) is 8.76. The molecule has 0 heterocycles. The molecule has 5 heteroatoms. The minimum Gasteiger partial charge on any atom is -0.396 e. The molecule has 0 fully saturated rings. The molecule has 20 heavy (non-hydrogen) atoms. The molecule has 0 radical (unpaired) electrons. The van der Waals surface area contributed by atoms with Crippen molar-refractivity contribution in [1.82, 2.24) is 4.90 Å². The lowest BCUT2D eigenvalue weighted by Crippen LogP contribution is -2.23. The fourth-order valence-electron chi connectivity index (χ4n) is 1.93. The van der Waals surface area contributed by atoms with E-state index in [9.17, 15) is 13.6 Å². The molecule has 3 nitrogen and oxygen atoms in total. The summed E-state index contributed by atoms with van der Waals surface area (Å²) in [6, 6.07) is 3.64. The zero-order chi connectivity index (χ0) is 15.0. The Morgan fingerprint density at radius 2 is 1.95 bits per heavy atom. The Bertz CT molecular complexity index is 438. The van der Waals surface area contributed by atoms with Crippen LogP contribution in [0.3, 0.4) is 0 Å². The van der Waals surface area contributed by atoms with Crippen LogP contribution in [-0.2, 0) is 0 Å². The van der Waals surface area contributed by atoms with Crippen molar-refractivity contribution in [1.29, 1.82) is 0 Å². The highest BCUT2D eigenvalue weighted by Crippen LogP contribution is 2.13. The number of halogens is 2. The number of rotatable bonds is 9. The number of aliphatic hydroxyl groups excluding tert-OH is 1. The average Bonchev–Trinajstić information content (AvgIpc) is 2.44. The molecule has 0 saturated carbocycles. The molecule has 0 unspecified atom stereocenters. The van der Waals surface area contributed by atoms with Gasteiger partial charge in [0.25, 0.3) is 0 Å². The maximum absolute atomic E-state index is 13.4. The molecule has 0 bridgehead atoms. The molecule has 0 amide bonds. The van der Waals surface area contributed by atoms with E-state index in [0.717, 1.165) is 31.9 Å². The van der Waals surface area contributed by atoms with E-state index in [-0.39, 0.29) is 24.4 Å². The van der Waals surface area contributed by atoms with Crippen LogP contribution in [0.15, 0.2) is 18.2 Å². The number of benzene rings is 1. The third-order valence-corrected chi connectivity index (χ3v) is 3.17. The number of carbonyl (C=O) groups excluding carboxylic acids is 1. The minimum absolute atomic E-state index is 0.164. The summed E-state index contributed by atoms with van der Waals surface area (Å²) in [5.74, 6) is -2.44. The molecule has 0 aromatic heterocycles. The van der Waals surface area contributed by atoms with E-state index in [1.54, 1.807) is 0 Å². The highest BCUT2D eigenvalue weighted by Gasteiger charge is 2.15. The molecule has 1 aromatic rings. The Morgan fingerprint density at radius 3 is 2.65 bits per heavy atom. The van der Waals surface area contributed by atoms with Crippen LogP contribution >= 0.6 is 0 Å². The number of Topliss-reactive ketones (excluding diaryl/α,β-unsaturated/α-hetero) is 1. The molecule has 0 aliphatic rings. The lowest BCUT2D eigenvalue weighted by molar-refractivity contribution is 0.0964. The molecular weight excluding hydrogens is 264 g/mol. The van der Waals surface area contributed by atoms with Gasteiger partial charge in [-0.3, -0.25) is 4.79 Å². The van der Waals surface area contributed by atoms with Crippen LogP contribution in [0.4, 0.5) is 8.78 Å². The van der Waals surface area contributed by atoms with E-state index < -0.39 is 11.6 Å². The van der Waals surface area contributed by atoms with Gasteiger partial charge < -0.3 is 10.0 Å². The molecule has 1 aromatic carbocycles. The van der Waals surface area contributed by atoms with Crippen molar-refractivity contribution >= 4 is 5.78 Å². The van der Waals surface area contributed by atoms with E-state index in [2.05, 4.69) is 0 Å². The first-order valence-electron chi connectivity index (χ1n) is 6.83. The highest BCUT2D eigenvalue weighted by molar-refractivity contribution is 5.96. The maximum Gasteiger partial charge on any atom is 0.169 e. The predicted molar refractivity (Wildman–Crippen MR) is 73.7 cm³/mol. The third-order valence-electron chi connectivity index (χ3n) is 3.17. The third kappa shape index (κ3) is 5.35. The molecule has 0 aliphatic carbocycles. The predicted octanol–water partition coefficient (Wildman–Crippen LogP) is 2.63. The lowest BCUT2D eigenvalue weighted by Gasteiger charge is -2.15. The van der Waals surface area contributed by atoms with Gasteiger partial charge in [-0.1, -0.05) is 6.07 Å². The molecule has 0 atom stereocenters. The summed E-state index contributed by atoms with van der Waals surface area (Å²) in [4.78, 5) is 13.8. The summed E-state index contributed by atoms with van der Waals surface area (Å²) < 4.78 is 26.5. The number of ketones is 1. The van der Waals surface area contributed by atoms with Crippen molar-refractivity contribution < 1.29 is 18.7 Å². The van der Waals surface area contributed by atoms with Gasteiger partial charge in [-0.15, -0.1) is 0 Å². The average molecular weight is 285 g/mol. The summed E-state index contributed by atoms with van der Waals surface area (Å²) in [6.45, 7) is 1.52. The van der Waals surface area contributed by atoms with Crippen LogP contribution < -0.4 is 0 Å². The van der Waals surface area contributed by atoms with E-state index >= 15 is 0 Å². The lowest BCUT2D eigenvalue weighted by atomic mass is 10.1. The normalized spacial score (nSPS) is 11.1. The van der Waals surface area contributed by atoms with Gasteiger partial charge >= 0.3 is 0 Å². The molecule has 0 spiro atoms. The summed E-state index contributed by atoms with van der Waals surface area (Å²) in [5.41, 5.74) is -0.182. The number of unbranched alkanes of at least 4 members (excludes halogenated alkanes) is 2. The Labute approximate surface area is 118 Å². The SMILES string of the molecule is CN(CCCCCO)CCC(=O)c1cccc(F)c1F. The minimum atomic E-state index is -1.07. The van der Waals surface area contributed by atoms with Gasteiger partial charge in [0, 0.05) is 19.6 Å². The topological polar surface area (TPSA) is 40.5 Å². The van der Waals surface area contributed by atoms with Crippen LogP contribution in [-0.4, -0.2) is 42.5 Å². The van der Waals surface area contributed by atoms with Crippen molar-refractivity contribution in [2.75, 3.05) is 26.7 Å². The van der Waals surface area contributed by atoms with E-state index in [1.807, 2.05) is 11.9 Å². The van der Waals surface area contributed by atoms with Crippen LogP contribution in [0.25, 0.3) is 0 Å². The standard InChI is InChI=1S/C15H21F2NO2/c1-18(9-3-2-4-11-19)10-8-14(20)12-6-5-7-13(16)15(12)17/h5-7,19H,2-4,8-11H2,1H3. The Hall–Kier alpha value is -1.33. The van der Waals surface area contributed by atoms with Gasteiger partial charge in [0.2, 0.25) is 0 Å². The largest absolute Gasteiger partial charge is 0.396 e. The number of nitrogens with zero attached hydrogens (tertiary/aromatic N) is 1. The van der Waals surface area contributed by atoms with Crippen molar-refractivity contribution in [3.05, 3.63) is 35.4 Å². The Kier molecular flexibility index (Phi) is 7.33. The molecular formula is C15H21F2NO2. The highest BCUT2D eigenvalue weighted by atomic mass is 19.2. The number of hydrogen-bond acceptors (Lipinski definition) is 3. The second-order valence-electron chi connectivity index (χ2n) is 4.86. The molecule has 0 aliphatic heterocycles. The number of hydrogen-bond donors (Lipinski definition) is 1. The monoisotopic (exact) mass is 285 g/mol. The second-order valence-corrected chi connectivity index (χ2v) is 4.86. The molecule has 112 valence electrons. The summed E-state index contributed by atoms with van der Waals surface area (Å²) in [7, 11) is 1.88. The first kappa shape index (κ1) is 16.7. The first-order chi connectivity index (χ1) is 9.56. The summed E-state index contributed by atoms with van der Waals surface area (Å²) >= 11 is 0. The smallest absolute Gasteiger partial charge is 0.169 e. The van der Waals surface area contributed by atoms with E-state index in [0.29, 0.717) is 6.54 Å². The fourth-order valence-corrected chi connectivity index (χ4v) is 1.93. The fraction of sp³-hybridized carbons (Fsp3) is 0.533. The van der Waals surface area contributed by atoms with Gasteiger partial charge in [-0.05, 0) is 45.0 Å². The maximum atomic E-state index is 13.4. The van der Waals surface area contributed by atoms with E-state index in [4.69, 9.17) is 5.11 Å². The van der Waals surface area contributed by atoms with Crippen LogP contribution in [0.2, 0.25) is 0 Å². The van der Waals surface area contributed by atoms with Crippen LogP contribution in [0.5, 0.6) is 0 Å². The van der Waals surface area contributed by atoms with Gasteiger partial charge in [0.1, 0.15) is 0 Å². The van der Waals surface area contributed by atoms with Crippen molar-refractivity contribution in [2.45, 2.75) is 25.7 Å². The zero-order valence-electron chi connectivity index (χ0n) is 11.7. The Morgan fingerprint density at radius 1 is 1.20 bits per heavy atom. The molecule has 0 saturated heterocycles. The van der Waals surface area contributed by atoms with Gasteiger partial charge in [-0.2, -0.15) is 0 Å². The Balaban J connectivity index is 2.37. The number of carbonyl (C=O) groups is 1. The van der Waals surface area contributed by atoms with Crippen LogP contribution in [0.1, 0.15) is 36.0 Å². The first-order valence-corrected chi connectivity index (χ1v) is 6.83. The van der Waals surface area contributed by atoms with E-state index in [1.165, 1.54) is 12.1 Å². The molecule has 1 N–H and O–H groups in total. The van der Waals surface area contributed by atoms with Crippen molar-refractivity contribution in [3.63, 3.8) is 0 Å². The van der Waals surface area contributed by atoms with Crippen molar-refractivity contribution in [3.8, 4) is 0 Å². The molecule has 1 rings (SSSR count). The number of aliphatic hydroxyl groups is 1. The zero-order valence-corrected chi connectivity index (χ0v) is 11.7.